The van der Waals surface area contributed by atoms with Crippen molar-refractivity contribution in [2.75, 3.05) is 18.0 Å². The molecule has 1 N–H and O–H groups in total. The zero-order chi connectivity index (χ0) is 14.7. The smallest absolute Gasteiger partial charge is 0.256 e. The largest absolute Gasteiger partial charge is 0.452 e. The van der Waals surface area contributed by atoms with Crippen LogP contribution in [0.3, 0.4) is 0 Å². The number of aromatic nitrogens is 2. The van der Waals surface area contributed by atoms with Gasteiger partial charge in [-0.05, 0) is 36.6 Å². The van der Waals surface area contributed by atoms with E-state index < -0.39 is 0 Å². The van der Waals surface area contributed by atoms with Gasteiger partial charge in [0.2, 0.25) is 11.2 Å². The number of nitrogens with zero attached hydrogens (tertiary/aromatic N) is 3. The molecule has 1 unspecified atom stereocenters. The van der Waals surface area contributed by atoms with E-state index in [1.54, 1.807) is 24.5 Å². The van der Waals surface area contributed by atoms with Gasteiger partial charge in [-0.15, -0.1) is 0 Å². The van der Waals surface area contributed by atoms with Crippen molar-refractivity contribution in [2.45, 2.75) is 18.9 Å². The maximum Gasteiger partial charge on any atom is 0.256 e. The van der Waals surface area contributed by atoms with Crippen LogP contribution in [0.15, 0.2) is 35.2 Å². The highest BCUT2D eigenvalue weighted by Gasteiger charge is 2.24. The minimum absolute atomic E-state index is 0.0426. The molecule has 1 atom stereocenters. The van der Waals surface area contributed by atoms with Crippen LogP contribution in [0.5, 0.6) is 0 Å². The van der Waals surface area contributed by atoms with Crippen LogP contribution in [0.1, 0.15) is 23.2 Å². The van der Waals surface area contributed by atoms with E-state index >= 15 is 0 Å². The van der Waals surface area contributed by atoms with E-state index in [0.29, 0.717) is 18.1 Å². The Bertz CT molecular complexity index is 616. The number of halogens is 1. The molecule has 1 amide bonds. The molecule has 1 aliphatic rings. The molecule has 1 aliphatic heterocycles. The zero-order valence-corrected chi connectivity index (χ0v) is 12.1. The summed E-state index contributed by atoms with van der Waals surface area (Å²) in [5.41, 5.74) is 0.366. The van der Waals surface area contributed by atoms with Crippen LogP contribution in [0.2, 0.25) is 5.22 Å². The fourth-order valence-electron chi connectivity index (χ4n) is 2.45. The van der Waals surface area contributed by atoms with Crippen LogP contribution in [-0.2, 0) is 0 Å². The van der Waals surface area contributed by atoms with Crippen molar-refractivity contribution in [1.29, 1.82) is 0 Å². The number of rotatable bonds is 3. The minimum Gasteiger partial charge on any atom is -0.452 e. The molecule has 1 saturated heterocycles. The van der Waals surface area contributed by atoms with Crippen LogP contribution < -0.4 is 10.2 Å². The van der Waals surface area contributed by atoms with Crippen LogP contribution >= 0.6 is 11.6 Å². The topological polar surface area (TPSA) is 71.3 Å². The Kier molecular flexibility index (Phi) is 4.06. The number of anilines is 1. The Morgan fingerprint density at radius 3 is 2.95 bits per heavy atom. The summed E-state index contributed by atoms with van der Waals surface area (Å²) in [5.74, 6) is 0.479. The van der Waals surface area contributed by atoms with E-state index in [0.717, 1.165) is 19.4 Å². The van der Waals surface area contributed by atoms with Gasteiger partial charge in [0.05, 0.1) is 11.8 Å². The average molecular weight is 307 g/mol. The number of piperidine rings is 1. The van der Waals surface area contributed by atoms with Crippen LogP contribution in [0.25, 0.3) is 0 Å². The summed E-state index contributed by atoms with van der Waals surface area (Å²) in [5, 5.41) is 3.10. The molecule has 0 bridgehead atoms. The van der Waals surface area contributed by atoms with Crippen molar-refractivity contribution in [2.24, 2.45) is 0 Å². The van der Waals surface area contributed by atoms with Gasteiger partial charge in [0.15, 0.2) is 0 Å². The number of amides is 1. The summed E-state index contributed by atoms with van der Waals surface area (Å²) < 4.78 is 4.94. The monoisotopic (exact) mass is 306 g/mol. The van der Waals surface area contributed by atoms with Gasteiger partial charge in [0, 0.05) is 31.5 Å². The molecule has 7 heteroatoms. The minimum atomic E-state index is -0.213. The number of hydrogen-bond donors (Lipinski definition) is 1. The quantitative estimate of drug-likeness (QED) is 0.940. The van der Waals surface area contributed by atoms with Crippen molar-refractivity contribution in [1.82, 2.24) is 15.3 Å². The second-order valence-electron chi connectivity index (χ2n) is 4.92. The molecule has 0 spiro atoms. The Morgan fingerprint density at radius 1 is 1.43 bits per heavy atom. The second-order valence-corrected chi connectivity index (χ2v) is 5.26. The van der Waals surface area contributed by atoms with E-state index in [1.807, 2.05) is 0 Å². The molecule has 2 aromatic rings. The third-order valence-corrected chi connectivity index (χ3v) is 3.75. The standard InChI is InChI=1S/C14H15ClN4O2/c15-12-11(4-8-21-12)13(20)18-10-3-1-7-19(9-10)14-16-5-2-6-17-14/h2,4-6,8,10H,1,3,7,9H2,(H,18,20). The normalized spacial score (nSPS) is 18.5. The van der Waals surface area contributed by atoms with Gasteiger partial charge in [-0.3, -0.25) is 4.79 Å². The fourth-order valence-corrected chi connectivity index (χ4v) is 2.65. The van der Waals surface area contributed by atoms with Crippen molar-refractivity contribution >= 4 is 23.5 Å². The van der Waals surface area contributed by atoms with Crippen molar-refractivity contribution in [3.63, 3.8) is 0 Å². The van der Waals surface area contributed by atoms with Crippen LogP contribution in [0.4, 0.5) is 5.95 Å². The lowest BCUT2D eigenvalue weighted by Gasteiger charge is -2.33. The maximum absolute atomic E-state index is 12.1. The van der Waals surface area contributed by atoms with E-state index in [-0.39, 0.29) is 17.2 Å². The lowest BCUT2D eigenvalue weighted by atomic mass is 10.1. The third kappa shape index (κ3) is 3.16. The molecule has 6 nitrogen and oxygen atoms in total. The fraction of sp³-hybridized carbons (Fsp3) is 0.357. The highest BCUT2D eigenvalue weighted by Crippen LogP contribution is 2.19. The predicted molar refractivity (Wildman–Crippen MR) is 78.5 cm³/mol. The van der Waals surface area contributed by atoms with Gasteiger partial charge in [0.25, 0.3) is 5.91 Å². The molecule has 0 aliphatic carbocycles. The van der Waals surface area contributed by atoms with E-state index in [1.165, 1.54) is 6.26 Å². The molecule has 1 fully saturated rings. The van der Waals surface area contributed by atoms with Gasteiger partial charge in [-0.1, -0.05) is 0 Å². The molecule has 2 aromatic heterocycles. The highest BCUT2D eigenvalue weighted by atomic mass is 35.5. The number of hydrogen-bond acceptors (Lipinski definition) is 5. The highest BCUT2D eigenvalue weighted by molar-refractivity contribution is 6.32. The predicted octanol–water partition coefficient (Wildman–Crippen LogP) is 2.12. The van der Waals surface area contributed by atoms with Crippen LogP contribution in [0, 0.1) is 0 Å². The summed E-state index contributed by atoms with van der Waals surface area (Å²) in [6, 6.07) is 3.40. The first-order valence-electron chi connectivity index (χ1n) is 6.80. The summed E-state index contributed by atoms with van der Waals surface area (Å²) >= 11 is 5.82. The van der Waals surface area contributed by atoms with Gasteiger partial charge in [-0.25, -0.2) is 9.97 Å². The Morgan fingerprint density at radius 2 is 2.24 bits per heavy atom. The number of nitrogens with one attached hydrogen (secondary N) is 1. The number of furan rings is 1. The van der Waals surface area contributed by atoms with E-state index in [2.05, 4.69) is 20.2 Å². The SMILES string of the molecule is O=C(NC1CCCN(c2ncccn2)C1)c1ccoc1Cl. The average Bonchev–Trinajstić information content (AvgIpc) is 2.95. The summed E-state index contributed by atoms with van der Waals surface area (Å²) in [4.78, 5) is 22.7. The summed E-state index contributed by atoms with van der Waals surface area (Å²) in [6.07, 6.45) is 6.74. The Hall–Kier alpha value is -2.08. The molecule has 110 valence electrons. The van der Waals surface area contributed by atoms with Crippen molar-refractivity contribution < 1.29 is 9.21 Å². The third-order valence-electron chi connectivity index (χ3n) is 3.45. The van der Waals surface area contributed by atoms with Gasteiger partial charge < -0.3 is 14.6 Å². The molecule has 0 radical (unpaired) electrons. The lowest BCUT2D eigenvalue weighted by molar-refractivity contribution is 0.0932. The van der Waals surface area contributed by atoms with E-state index in [9.17, 15) is 4.79 Å². The summed E-state index contributed by atoms with van der Waals surface area (Å²) in [7, 11) is 0. The van der Waals surface area contributed by atoms with Gasteiger partial charge in [0.1, 0.15) is 0 Å². The first-order chi connectivity index (χ1) is 10.2. The first kappa shape index (κ1) is 13.9. The number of carbonyl (C=O) groups is 1. The molecule has 0 saturated carbocycles. The molecule has 3 heterocycles. The van der Waals surface area contributed by atoms with Gasteiger partial charge >= 0.3 is 0 Å². The van der Waals surface area contributed by atoms with Crippen molar-refractivity contribution in [3.8, 4) is 0 Å². The zero-order valence-electron chi connectivity index (χ0n) is 11.3. The Balaban J connectivity index is 1.64. The molecule has 0 aromatic carbocycles. The maximum atomic E-state index is 12.1. The first-order valence-corrected chi connectivity index (χ1v) is 7.17. The molecular formula is C14H15ClN4O2. The van der Waals surface area contributed by atoms with E-state index in [4.69, 9.17) is 16.0 Å². The second kappa shape index (κ2) is 6.13. The van der Waals surface area contributed by atoms with Crippen LogP contribution in [-0.4, -0.2) is 35.0 Å². The summed E-state index contributed by atoms with van der Waals surface area (Å²) in [6.45, 7) is 1.58. The molecular weight excluding hydrogens is 292 g/mol. The number of carbonyl (C=O) groups excluding carboxylic acids is 1. The van der Waals surface area contributed by atoms with Crippen molar-refractivity contribution in [3.05, 3.63) is 41.6 Å². The molecule has 21 heavy (non-hydrogen) atoms. The molecule has 3 rings (SSSR count). The van der Waals surface area contributed by atoms with Gasteiger partial charge in [-0.2, -0.15) is 0 Å². The Labute approximate surface area is 127 Å². The lowest BCUT2D eigenvalue weighted by Crippen LogP contribution is -2.48.